The first kappa shape index (κ1) is 12.1. The van der Waals surface area contributed by atoms with Crippen molar-refractivity contribution < 1.29 is 8.81 Å². The summed E-state index contributed by atoms with van der Waals surface area (Å²) in [6.07, 6.45) is 0. The van der Waals surface area contributed by atoms with Gasteiger partial charge in [-0.2, -0.15) is 0 Å². The second kappa shape index (κ2) is 4.15. The van der Waals surface area contributed by atoms with Crippen LogP contribution in [0.5, 0.6) is 0 Å². The summed E-state index contributed by atoms with van der Waals surface area (Å²) in [5.74, 6) is 0.620. The van der Waals surface area contributed by atoms with E-state index < -0.39 is 0 Å². The number of benzene rings is 1. The Balaban J connectivity index is 2.29. The number of furan rings is 1. The highest BCUT2D eigenvalue weighted by atomic mass is 19.1. The highest BCUT2D eigenvalue weighted by Crippen LogP contribution is 2.24. The predicted molar refractivity (Wildman–Crippen MR) is 67.5 cm³/mol. The van der Waals surface area contributed by atoms with E-state index in [4.69, 9.17) is 4.42 Å². The summed E-state index contributed by atoms with van der Waals surface area (Å²) in [6.45, 7) is 8.80. The van der Waals surface area contributed by atoms with Crippen molar-refractivity contribution in [2.45, 2.75) is 39.8 Å². The van der Waals surface area contributed by atoms with E-state index in [0.717, 1.165) is 22.3 Å². The van der Waals surface area contributed by atoms with Gasteiger partial charge in [-0.3, -0.25) is 0 Å². The number of rotatable bonds is 2. The Hall–Kier alpha value is -1.35. The van der Waals surface area contributed by atoms with Gasteiger partial charge in [-0.15, -0.1) is 0 Å². The van der Waals surface area contributed by atoms with Gasteiger partial charge in [-0.25, -0.2) is 4.39 Å². The molecule has 3 heteroatoms. The zero-order valence-corrected chi connectivity index (χ0v) is 10.7. The first-order chi connectivity index (χ1) is 7.85. The van der Waals surface area contributed by atoms with Crippen LogP contribution in [0, 0.1) is 12.7 Å². The van der Waals surface area contributed by atoms with Crippen LogP contribution in [0.25, 0.3) is 11.0 Å². The van der Waals surface area contributed by atoms with Gasteiger partial charge in [0.05, 0.1) is 6.54 Å². The van der Waals surface area contributed by atoms with E-state index in [0.29, 0.717) is 6.54 Å². The van der Waals surface area contributed by atoms with Crippen molar-refractivity contribution in [2.75, 3.05) is 0 Å². The van der Waals surface area contributed by atoms with Gasteiger partial charge in [-0.05, 0) is 51.5 Å². The Morgan fingerprint density at radius 2 is 1.94 bits per heavy atom. The molecule has 0 radical (unpaired) electrons. The largest absolute Gasteiger partial charge is 0.459 e. The highest BCUT2D eigenvalue weighted by molar-refractivity contribution is 5.81. The van der Waals surface area contributed by atoms with Gasteiger partial charge in [0, 0.05) is 10.9 Å². The molecule has 1 aromatic carbocycles. The summed E-state index contributed by atoms with van der Waals surface area (Å²) in [5.41, 5.74) is 1.65. The first-order valence-corrected chi connectivity index (χ1v) is 5.79. The lowest BCUT2D eigenvalue weighted by molar-refractivity contribution is 0.395. The third-order valence-corrected chi connectivity index (χ3v) is 2.61. The molecule has 0 amide bonds. The lowest BCUT2D eigenvalue weighted by Crippen LogP contribution is -2.34. The summed E-state index contributed by atoms with van der Waals surface area (Å²) in [5, 5.41) is 4.17. The molecule has 1 aromatic heterocycles. The predicted octanol–water partition coefficient (Wildman–Crippen LogP) is 3.77. The monoisotopic (exact) mass is 235 g/mol. The zero-order chi connectivity index (χ0) is 12.6. The molecule has 0 bridgehead atoms. The third-order valence-electron chi connectivity index (χ3n) is 2.61. The third kappa shape index (κ3) is 2.86. The summed E-state index contributed by atoms with van der Waals surface area (Å²) >= 11 is 0. The molecular weight excluding hydrogens is 217 g/mol. The maximum atomic E-state index is 13.2. The van der Waals surface area contributed by atoms with Crippen molar-refractivity contribution in [3.05, 3.63) is 35.3 Å². The van der Waals surface area contributed by atoms with Crippen molar-refractivity contribution in [3.63, 3.8) is 0 Å². The SMILES string of the molecule is Cc1cc(F)cc2cc(CNC(C)(C)C)oc12. The van der Waals surface area contributed by atoms with Gasteiger partial charge in [0.2, 0.25) is 0 Å². The van der Waals surface area contributed by atoms with Crippen LogP contribution in [0.1, 0.15) is 32.1 Å². The first-order valence-electron chi connectivity index (χ1n) is 5.79. The summed E-state index contributed by atoms with van der Waals surface area (Å²) < 4.78 is 18.9. The van der Waals surface area contributed by atoms with Crippen LogP contribution >= 0.6 is 0 Å². The molecule has 17 heavy (non-hydrogen) atoms. The fourth-order valence-corrected chi connectivity index (χ4v) is 1.78. The van der Waals surface area contributed by atoms with Crippen LogP contribution in [0.2, 0.25) is 0 Å². The standard InChI is InChI=1S/C14H18FNO/c1-9-5-11(15)6-10-7-12(17-13(9)10)8-16-14(2,3)4/h5-7,16H,8H2,1-4H3. The molecule has 1 N–H and O–H groups in total. The average Bonchev–Trinajstić information content (AvgIpc) is 2.56. The van der Waals surface area contributed by atoms with Gasteiger partial charge < -0.3 is 9.73 Å². The Morgan fingerprint density at radius 1 is 1.24 bits per heavy atom. The lowest BCUT2D eigenvalue weighted by atomic mass is 10.1. The van der Waals surface area contributed by atoms with E-state index in [1.165, 1.54) is 12.1 Å². The molecule has 0 aliphatic carbocycles. The van der Waals surface area contributed by atoms with Crippen LogP contribution < -0.4 is 5.32 Å². The minimum absolute atomic E-state index is 0.0409. The van der Waals surface area contributed by atoms with E-state index in [1.54, 1.807) is 0 Å². The number of aryl methyl sites for hydroxylation is 1. The van der Waals surface area contributed by atoms with Gasteiger partial charge in [-0.1, -0.05) is 0 Å². The minimum Gasteiger partial charge on any atom is -0.459 e. The van der Waals surface area contributed by atoms with E-state index in [-0.39, 0.29) is 11.4 Å². The van der Waals surface area contributed by atoms with E-state index in [2.05, 4.69) is 26.1 Å². The average molecular weight is 235 g/mol. The molecule has 0 spiro atoms. The minimum atomic E-state index is -0.217. The molecule has 2 aromatic rings. The smallest absolute Gasteiger partial charge is 0.137 e. The lowest BCUT2D eigenvalue weighted by Gasteiger charge is -2.19. The maximum Gasteiger partial charge on any atom is 0.137 e. The fraction of sp³-hybridized carbons (Fsp3) is 0.429. The molecule has 0 fully saturated rings. The van der Waals surface area contributed by atoms with Crippen molar-refractivity contribution in [2.24, 2.45) is 0 Å². The second-order valence-electron chi connectivity index (χ2n) is 5.46. The summed E-state index contributed by atoms with van der Waals surface area (Å²) in [7, 11) is 0. The summed E-state index contributed by atoms with van der Waals surface area (Å²) in [6, 6.07) is 4.89. The zero-order valence-electron chi connectivity index (χ0n) is 10.7. The fourth-order valence-electron chi connectivity index (χ4n) is 1.78. The van der Waals surface area contributed by atoms with Crippen LogP contribution in [0.3, 0.4) is 0 Å². The molecule has 0 aliphatic rings. The number of hydrogen-bond acceptors (Lipinski definition) is 2. The Bertz CT molecular complexity index is 537. The molecule has 92 valence electrons. The molecule has 0 saturated carbocycles. The molecule has 1 heterocycles. The molecule has 2 rings (SSSR count). The van der Waals surface area contributed by atoms with Crippen molar-refractivity contribution in [1.82, 2.24) is 5.32 Å². The Kier molecular flexibility index (Phi) is 2.96. The van der Waals surface area contributed by atoms with Gasteiger partial charge >= 0.3 is 0 Å². The highest BCUT2D eigenvalue weighted by Gasteiger charge is 2.12. The van der Waals surface area contributed by atoms with Crippen LogP contribution in [-0.2, 0) is 6.54 Å². The molecule has 0 unspecified atom stereocenters. The number of fused-ring (bicyclic) bond motifs is 1. The Morgan fingerprint density at radius 3 is 2.59 bits per heavy atom. The Labute approximate surface area is 101 Å². The van der Waals surface area contributed by atoms with Crippen LogP contribution in [0.4, 0.5) is 4.39 Å². The van der Waals surface area contributed by atoms with Crippen LogP contribution in [-0.4, -0.2) is 5.54 Å². The van der Waals surface area contributed by atoms with Crippen LogP contribution in [0.15, 0.2) is 22.6 Å². The summed E-state index contributed by atoms with van der Waals surface area (Å²) in [4.78, 5) is 0. The van der Waals surface area contributed by atoms with Gasteiger partial charge in [0.15, 0.2) is 0 Å². The number of halogens is 1. The molecule has 0 saturated heterocycles. The number of nitrogens with one attached hydrogen (secondary N) is 1. The topological polar surface area (TPSA) is 25.2 Å². The second-order valence-corrected chi connectivity index (χ2v) is 5.46. The van der Waals surface area contributed by atoms with Crippen molar-refractivity contribution in [1.29, 1.82) is 0 Å². The number of hydrogen-bond donors (Lipinski definition) is 1. The maximum absolute atomic E-state index is 13.2. The van der Waals surface area contributed by atoms with E-state index in [1.807, 2.05) is 13.0 Å². The molecule has 0 aliphatic heterocycles. The van der Waals surface area contributed by atoms with Crippen molar-refractivity contribution in [3.8, 4) is 0 Å². The van der Waals surface area contributed by atoms with Crippen molar-refractivity contribution >= 4 is 11.0 Å². The van der Waals surface area contributed by atoms with Gasteiger partial charge in [0.25, 0.3) is 0 Å². The normalized spacial score (nSPS) is 12.3. The van der Waals surface area contributed by atoms with E-state index >= 15 is 0 Å². The molecule has 0 atom stereocenters. The quantitative estimate of drug-likeness (QED) is 0.857. The molecular formula is C14H18FNO. The van der Waals surface area contributed by atoms with E-state index in [9.17, 15) is 4.39 Å². The molecule has 2 nitrogen and oxygen atoms in total. The van der Waals surface area contributed by atoms with Gasteiger partial charge in [0.1, 0.15) is 17.2 Å².